The summed E-state index contributed by atoms with van der Waals surface area (Å²) in [6.07, 6.45) is 3.52. The summed E-state index contributed by atoms with van der Waals surface area (Å²) >= 11 is 0. The summed E-state index contributed by atoms with van der Waals surface area (Å²) in [7, 11) is 1.69. The summed E-state index contributed by atoms with van der Waals surface area (Å²) in [6.45, 7) is 1.84. The van der Waals surface area contributed by atoms with Crippen LogP contribution in [0, 0.1) is 6.92 Å². The Balaban J connectivity index is 2.09. The summed E-state index contributed by atoms with van der Waals surface area (Å²) in [4.78, 5) is 15.0. The van der Waals surface area contributed by atoms with Crippen LogP contribution in [0.25, 0.3) is 0 Å². The van der Waals surface area contributed by atoms with E-state index < -0.39 is 5.97 Å². The van der Waals surface area contributed by atoms with Gasteiger partial charge in [-0.1, -0.05) is 0 Å². The number of methoxy groups -OCH3 is 1. The van der Waals surface area contributed by atoms with Crippen molar-refractivity contribution in [2.24, 2.45) is 0 Å². The molecule has 92 valence electrons. The maximum Gasteiger partial charge on any atom is 0.339 e. The first-order valence-electron chi connectivity index (χ1n) is 5.59. The largest absolute Gasteiger partial charge is 0.478 e. The SMILES string of the molecule is COC1CC(Nc2cc(C)ncc2C(=O)O)C1. The van der Waals surface area contributed by atoms with E-state index in [1.54, 1.807) is 13.2 Å². The highest BCUT2D eigenvalue weighted by Crippen LogP contribution is 2.27. The summed E-state index contributed by atoms with van der Waals surface area (Å²) in [5.74, 6) is -0.956. The van der Waals surface area contributed by atoms with Crippen molar-refractivity contribution in [1.29, 1.82) is 0 Å². The number of aromatic carboxylic acids is 1. The van der Waals surface area contributed by atoms with Gasteiger partial charge >= 0.3 is 5.97 Å². The number of nitrogens with zero attached hydrogens (tertiary/aromatic N) is 1. The number of hydrogen-bond donors (Lipinski definition) is 2. The van der Waals surface area contributed by atoms with Gasteiger partial charge in [-0.05, 0) is 25.8 Å². The third kappa shape index (κ3) is 2.55. The van der Waals surface area contributed by atoms with E-state index in [9.17, 15) is 4.79 Å². The number of rotatable bonds is 4. The zero-order chi connectivity index (χ0) is 12.4. The van der Waals surface area contributed by atoms with Crippen molar-refractivity contribution >= 4 is 11.7 Å². The van der Waals surface area contributed by atoms with E-state index in [4.69, 9.17) is 9.84 Å². The molecular weight excluding hydrogens is 220 g/mol. The minimum atomic E-state index is -0.956. The van der Waals surface area contributed by atoms with E-state index in [2.05, 4.69) is 10.3 Å². The van der Waals surface area contributed by atoms with Gasteiger partial charge in [0.05, 0.1) is 11.8 Å². The van der Waals surface area contributed by atoms with Gasteiger partial charge in [-0.3, -0.25) is 4.98 Å². The molecule has 0 saturated heterocycles. The van der Waals surface area contributed by atoms with Gasteiger partial charge in [0.2, 0.25) is 0 Å². The summed E-state index contributed by atoms with van der Waals surface area (Å²) in [5.41, 5.74) is 1.67. The number of aryl methyl sites for hydroxylation is 1. The molecule has 1 aliphatic carbocycles. The lowest BCUT2D eigenvalue weighted by Gasteiger charge is -2.35. The Kier molecular flexibility index (Phi) is 3.28. The highest BCUT2D eigenvalue weighted by Gasteiger charge is 2.29. The van der Waals surface area contributed by atoms with Crippen LogP contribution >= 0.6 is 0 Å². The molecule has 1 fully saturated rings. The first-order valence-corrected chi connectivity index (χ1v) is 5.59. The molecule has 0 amide bonds. The first kappa shape index (κ1) is 11.9. The van der Waals surface area contributed by atoms with Crippen LogP contribution in [0.2, 0.25) is 0 Å². The Morgan fingerprint density at radius 2 is 2.29 bits per heavy atom. The average molecular weight is 236 g/mol. The predicted molar refractivity (Wildman–Crippen MR) is 63.4 cm³/mol. The van der Waals surface area contributed by atoms with Gasteiger partial charge in [-0.2, -0.15) is 0 Å². The molecule has 2 N–H and O–H groups in total. The number of nitrogens with one attached hydrogen (secondary N) is 1. The second-order valence-corrected chi connectivity index (χ2v) is 4.35. The van der Waals surface area contributed by atoms with E-state index in [1.807, 2.05) is 6.92 Å². The monoisotopic (exact) mass is 236 g/mol. The number of aromatic nitrogens is 1. The summed E-state index contributed by atoms with van der Waals surface area (Å²) < 4.78 is 5.19. The minimum Gasteiger partial charge on any atom is -0.478 e. The van der Waals surface area contributed by atoms with Crippen molar-refractivity contribution in [1.82, 2.24) is 4.98 Å². The van der Waals surface area contributed by atoms with Crippen LogP contribution in [-0.2, 0) is 4.74 Å². The average Bonchev–Trinajstić information content (AvgIpc) is 2.22. The fourth-order valence-corrected chi connectivity index (χ4v) is 1.95. The lowest BCUT2D eigenvalue weighted by Crippen LogP contribution is -2.40. The summed E-state index contributed by atoms with van der Waals surface area (Å²) in [5, 5.41) is 12.3. The van der Waals surface area contributed by atoms with Gasteiger partial charge < -0.3 is 15.2 Å². The Morgan fingerprint density at radius 3 is 2.88 bits per heavy atom. The maximum absolute atomic E-state index is 11.0. The number of carboxylic acid groups (broad SMARTS) is 1. The first-order chi connectivity index (χ1) is 8.10. The van der Waals surface area contributed by atoms with Gasteiger partial charge in [0, 0.05) is 25.0 Å². The molecular formula is C12H16N2O3. The maximum atomic E-state index is 11.0. The smallest absolute Gasteiger partial charge is 0.339 e. The van der Waals surface area contributed by atoms with E-state index >= 15 is 0 Å². The standard InChI is InChI=1S/C12H16N2O3/c1-7-3-11(10(6-13-7)12(15)16)14-8-4-9(5-8)17-2/h3,6,8-9H,4-5H2,1-2H3,(H,13,14)(H,15,16). The van der Waals surface area contributed by atoms with Crippen molar-refractivity contribution in [2.75, 3.05) is 12.4 Å². The molecule has 0 atom stereocenters. The number of hydrogen-bond acceptors (Lipinski definition) is 4. The number of carbonyl (C=O) groups is 1. The second-order valence-electron chi connectivity index (χ2n) is 4.35. The van der Waals surface area contributed by atoms with Gasteiger partial charge in [0.1, 0.15) is 5.56 Å². The lowest BCUT2D eigenvalue weighted by atomic mass is 9.89. The van der Waals surface area contributed by atoms with E-state index in [1.165, 1.54) is 6.20 Å². The normalized spacial score (nSPS) is 22.9. The minimum absolute atomic E-state index is 0.219. The third-order valence-corrected chi connectivity index (χ3v) is 3.06. The van der Waals surface area contributed by atoms with Crippen LogP contribution in [-0.4, -0.2) is 35.3 Å². The molecule has 1 heterocycles. The Bertz CT molecular complexity index is 428. The molecule has 0 aromatic carbocycles. The molecule has 5 nitrogen and oxygen atoms in total. The molecule has 0 bridgehead atoms. The van der Waals surface area contributed by atoms with Crippen LogP contribution < -0.4 is 5.32 Å². The molecule has 17 heavy (non-hydrogen) atoms. The van der Waals surface area contributed by atoms with Crippen LogP contribution in [0.3, 0.4) is 0 Å². The van der Waals surface area contributed by atoms with Gasteiger partial charge in [0.25, 0.3) is 0 Å². The zero-order valence-electron chi connectivity index (χ0n) is 9.93. The Morgan fingerprint density at radius 1 is 1.59 bits per heavy atom. The predicted octanol–water partition coefficient (Wildman–Crippen LogP) is 1.68. The molecule has 2 rings (SSSR count). The number of pyridine rings is 1. The number of anilines is 1. The Labute approximate surface area is 99.8 Å². The van der Waals surface area contributed by atoms with Crippen molar-refractivity contribution in [3.63, 3.8) is 0 Å². The van der Waals surface area contributed by atoms with E-state index in [-0.39, 0.29) is 5.56 Å². The van der Waals surface area contributed by atoms with Gasteiger partial charge in [-0.25, -0.2) is 4.79 Å². The highest BCUT2D eigenvalue weighted by molar-refractivity contribution is 5.93. The molecule has 1 aromatic heterocycles. The topological polar surface area (TPSA) is 71.5 Å². The van der Waals surface area contributed by atoms with Crippen LogP contribution in [0.15, 0.2) is 12.3 Å². The van der Waals surface area contributed by atoms with Gasteiger partial charge in [0.15, 0.2) is 0 Å². The lowest BCUT2D eigenvalue weighted by molar-refractivity contribution is 0.0328. The molecule has 0 unspecified atom stereocenters. The Hall–Kier alpha value is -1.62. The van der Waals surface area contributed by atoms with E-state index in [0.717, 1.165) is 18.5 Å². The fourth-order valence-electron chi connectivity index (χ4n) is 1.95. The van der Waals surface area contributed by atoms with Crippen molar-refractivity contribution in [2.45, 2.75) is 31.9 Å². The highest BCUT2D eigenvalue weighted by atomic mass is 16.5. The fraction of sp³-hybridized carbons (Fsp3) is 0.500. The van der Waals surface area contributed by atoms with Crippen LogP contribution in [0.4, 0.5) is 5.69 Å². The van der Waals surface area contributed by atoms with Crippen LogP contribution in [0.1, 0.15) is 28.9 Å². The van der Waals surface area contributed by atoms with Crippen molar-refractivity contribution in [3.05, 3.63) is 23.5 Å². The molecule has 5 heteroatoms. The molecule has 1 saturated carbocycles. The molecule has 0 radical (unpaired) electrons. The molecule has 1 aromatic rings. The van der Waals surface area contributed by atoms with E-state index in [0.29, 0.717) is 17.8 Å². The van der Waals surface area contributed by atoms with Crippen molar-refractivity contribution in [3.8, 4) is 0 Å². The number of carboxylic acids is 1. The third-order valence-electron chi connectivity index (χ3n) is 3.06. The number of ether oxygens (including phenoxy) is 1. The second kappa shape index (κ2) is 4.71. The van der Waals surface area contributed by atoms with Crippen LogP contribution in [0.5, 0.6) is 0 Å². The quantitative estimate of drug-likeness (QED) is 0.832. The summed E-state index contributed by atoms with van der Waals surface area (Å²) in [6, 6.07) is 2.06. The van der Waals surface area contributed by atoms with Gasteiger partial charge in [-0.15, -0.1) is 0 Å². The molecule has 0 aliphatic heterocycles. The molecule has 1 aliphatic rings. The van der Waals surface area contributed by atoms with Crippen molar-refractivity contribution < 1.29 is 14.6 Å². The zero-order valence-corrected chi connectivity index (χ0v) is 9.93. The molecule has 0 spiro atoms.